The van der Waals surface area contributed by atoms with Crippen molar-refractivity contribution >= 4 is 41.0 Å². The van der Waals surface area contributed by atoms with Gasteiger partial charge in [-0.1, -0.05) is 74.0 Å². The van der Waals surface area contributed by atoms with Crippen LogP contribution in [0.15, 0.2) is 72.8 Å². The summed E-state index contributed by atoms with van der Waals surface area (Å²) < 4.78 is 5.36. The molecule has 3 amide bonds. The van der Waals surface area contributed by atoms with Gasteiger partial charge in [0, 0.05) is 22.5 Å². The highest BCUT2D eigenvalue weighted by atomic mass is 35.5. The van der Waals surface area contributed by atoms with Crippen molar-refractivity contribution in [2.24, 2.45) is 17.8 Å². The maximum absolute atomic E-state index is 14.0. The molecule has 0 saturated carbocycles. The number of hydrogen-bond donors (Lipinski definition) is 1. The molecule has 1 aliphatic heterocycles. The van der Waals surface area contributed by atoms with Crippen LogP contribution in [-0.2, 0) is 23.9 Å². The Hall–Kier alpha value is -3.97. The highest BCUT2D eigenvalue weighted by molar-refractivity contribution is 6.30. The van der Waals surface area contributed by atoms with E-state index in [1.54, 1.807) is 38.1 Å². The minimum absolute atomic E-state index is 0.261. The maximum Gasteiger partial charge on any atom is 0.330 e. The third-order valence-electron chi connectivity index (χ3n) is 8.11. The van der Waals surface area contributed by atoms with Gasteiger partial charge in [0.15, 0.2) is 6.61 Å². The molecule has 0 radical (unpaired) electrons. The molecule has 1 fully saturated rings. The number of esters is 1. The molecule has 3 aromatic carbocycles. The number of hydrogen-bond acceptors (Lipinski definition) is 5. The van der Waals surface area contributed by atoms with E-state index in [0.29, 0.717) is 10.7 Å². The molecule has 1 heterocycles. The highest BCUT2D eigenvalue weighted by Gasteiger charge is 2.63. The van der Waals surface area contributed by atoms with Crippen LogP contribution in [0.2, 0.25) is 5.02 Å². The normalized spacial score (nSPS) is 23.2. The summed E-state index contributed by atoms with van der Waals surface area (Å²) in [6, 6.07) is 21.4. The fourth-order valence-electron chi connectivity index (χ4n) is 6.60. The highest BCUT2D eigenvalue weighted by Crippen LogP contribution is 2.61. The van der Waals surface area contributed by atoms with Gasteiger partial charge < -0.3 is 10.1 Å². The van der Waals surface area contributed by atoms with E-state index < -0.39 is 42.3 Å². The zero-order valence-corrected chi connectivity index (χ0v) is 22.2. The van der Waals surface area contributed by atoms with Gasteiger partial charge in [-0.05, 0) is 52.4 Å². The summed E-state index contributed by atoms with van der Waals surface area (Å²) in [5.74, 6) is -4.14. The lowest BCUT2D eigenvalue weighted by Crippen LogP contribution is -2.49. The molecule has 39 heavy (non-hydrogen) atoms. The Labute approximate surface area is 231 Å². The van der Waals surface area contributed by atoms with Crippen molar-refractivity contribution in [1.82, 2.24) is 4.90 Å². The summed E-state index contributed by atoms with van der Waals surface area (Å²) in [6.07, 6.45) is 0. The molecule has 3 atom stereocenters. The predicted molar refractivity (Wildman–Crippen MR) is 145 cm³/mol. The number of carbonyl (C=O) groups excluding carboxylic acids is 4. The number of benzene rings is 3. The lowest BCUT2D eigenvalue weighted by molar-refractivity contribution is -0.162. The first kappa shape index (κ1) is 25.3. The molecule has 1 N–H and O–H groups in total. The van der Waals surface area contributed by atoms with Gasteiger partial charge in [0.25, 0.3) is 5.91 Å². The molecule has 7 rings (SSSR count). The topological polar surface area (TPSA) is 92.8 Å². The molecule has 4 aliphatic rings. The Morgan fingerprint density at radius 1 is 0.821 bits per heavy atom. The van der Waals surface area contributed by atoms with E-state index in [-0.39, 0.29) is 23.7 Å². The smallest absolute Gasteiger partial charge is 0.330 e. The first-order chi connectivity index (χ1) is 18.8. The Bertz CT molecular complexity index is 1390. The van der Waals surface area contributed by atoms with Gasteiger partial charge in [0.1, 0.15) is 6.04 Å². The molecule has 2 bridgehead atoms. The molecular formula is C31H27ClN2O5. The molecule has 0 spiro atoms. The fraction of sp³-hybridized carbons (Fsp3) is 0.290. The molecule has 0 unspecified atom stereocenters. The van der Waals surface area contributed by atoms with E-state index in [1.165, 1.54) is 0 Å². The van der Waals surface area contributed by atoms with Gasteiger partial charge in [-0.15, -0.1) is 0 Å². The maximum atomic E-state index is 14.0. The number of imide groups is 1. The van der Waals surface area contributed by atoms with Crippen molar-refractivity contribution in [2.45, 2.75) is 31.7 Å². The van der Waals surface area contributed by atoms with Gasteiger partial charge in [0.2, 0.25) is 11.8 Å². The second kappa shape index (κ2) is 9.65. The zero-order valence-electron chi connectivity index (χ0n) is 21.5. The number of nitrogens with one attached hydrogen (secondary N) is 1. The minimum Gasteiger partial charge on any atom is -0.454 e. The van der Waals surface area contributed by atoms with Gasteiger partial charge >= 0.3 is 5.97 Å². The molecule has 198 valence electrons. The number of rotatable bonds is 6. The van der Waals surface area contributed by atoms with Crippen LogP contribution in [0.25, 0.3) is 0 Å². The molecular weight excluding hydrogens is 516 g/mol. The summed E-state index contributed by atoms with van der Waals surface area (Å²) in [6.45, 7) is 2.98. The van der Waals surface area contributed by atoms with Crippen LogP contribution >= 0.6 is 11.6 Å². The summed E-state index contributed by atoms with van der Waals surface area (Å²) in [5.41, 5.74) is 4.76. The quantitative estimate of drug-likeness (QED) is 0.359. The van der Waals surface area contributed by atoms with Crippen LogP contribution < -0.4 is 5.32 Å². The van der Waals surface area contributed by atoms with Crippen molar-refractivity contribution in [3.05, 3.63) is 100 Å². The number of ether oxygens (including phenoxy) is 1. The van der Waals surface area contributed by atoms with E-state index in [0.717, 1.165) is 27.2 Å². The summed E-state index contributed by atoms with van der Waals surface area (Å²) in [7, 11) is 0. The third-order valence-corrected chi connectivity index (χ3v) is 8.36. The number of likely N-dealkylation sites (tertiary alicyclic amines) is 1. The summed E-state index contributed by atoms with van der Waals surface area (Å²) in [5, 5.41) is 3.17. The molecule has 3 aliphatic carbocycles. The average molecular weight is 543 g/mol. The lowest BCUT2D eigenvalue weighted by atomic mass is 9.55. The summed E-state index contributed by atoms with van der Waals surface area (Å²) in [4.78, 5) is 54.9. The molecule has 3 aromatic rings. The molecule has 0 aromatic heterocycles. The minimum atomic E-state index is -1.13. The standard InChI is InChI=1S/C31H27ClN2O5/c1-16(2)28(31(38)39-15-23(35)33-18-13-11-17(32)12-14-18)34-29(36)26-24-19-7-3-4-8-20(19)25(27(26)30(34)37)22-10-6-5-9-21(22)24/h3-14,16,24-28H,15H2,1-2H3,(H,33,35)/t24?,25?,26-,27-,28-/m1/s1. The fourth-order valence-corrected chi connectivity index (χ4v) is 6.73. The van der Waals surface area contributed by atoms with Crippen LogP contribution in [0.1, 0.15) is 47.9 Å². The van der Waals surface area contributed by atoms with Crippen molar-refractivity contribution in [2.75, 3.05) is 11.9 Å². The van der Waals surface area contributed by atoms with Gasteiger partial charge in [-0.2, -0.15) is 0 Å². The largest absolute Gasteiger partial charge is 0.454 e. The SMILES string of the molecule is CC(C)[C@H](C(=O)OCC(=O)Nc1ccc(Cl)cc1)N1C(=O)[C@@H]2C3c4ccccc4C(c4ccccc43)[C@H]2C1=O. The Balaban J connectivity index is 1.26. The van der Waals surface area contributed by atoms with E-state index >= 15 is 0 Å². The zero-order chi connectivity index (χ0) is 27.4. The molecule has 7 nitrogen and oxygen atoms in total. The van der Waals surface area contributed by atoms with E-state index in [1.807, 2.05) is 48.5 Å². The van der Waals surface area contributed by atoms with Gasteiger partial charge in [0.05, 0.1) is 11.8 Å². The van der Waals surface area contributed by atoms with E-state index in [4.69, 9.17) is 16.3 Å². The number of amides is 3. The van der Waals surface area contributed by atoms with Crippen LogP contribution in [0.4, 0.5) is 5.69 Å². The van der Waals surface area contributed by atoms with Crippen molar-refractivity contribution in [3.8, 4) is 0 Å². The first-order valence-corrected chi connectivity index (χ1v) is 13.4. The van der Waals surface area contributed by atoms with Gasteiger partial charge in [-0.25, -0.2) is 4.79 Å². The second-order valence-electron chi connectivity index (χ2n) is 10.7. The second-order valence-corrected chi connectivity index (χ2v) is 11.1. The lowest BCUT2D eigenvalue weighted by Gasteiger charge is -2.45. The Morgan fingerprint density at radius 2 is 1.28 bits per heavy atom. The van der Waals surface area contributed by atoms with Crippen LogP contribution in [0, 0.1) is 17.8 Å². The first-order valence-electron chi connectivity index (χ1n) is 13.0. The van der Waals surface area contributed by atoms with Crippen LogP contribution in [0.5, 0.6) is 0 Å². The number of nitrogens with zero attached hydrogens (tertiary/aromatic N) is 1. The number of halogens is 1. The van der Waals surface area contributed by atoms with Crippen molar-refractivity contribution in [1.29, 1.82) is 0 Å². The monoisotopic (exact) mass is 542 g/mol. The van der Waals surface area contributed by atoms with Crippen molar-refractivity contribution in [3.63, 3.8) is 0 Å². The average Bonchev–Trinajstić information content (AvgIpc) is 3.19. The Kier molecular flexibility index (Phi) is 6.26. The molecule has 1 saturated heterocycles. The summed E-state index contributed by atoms with van der Waals surface area (Å²) >= 11 is 5.88. The van der Waals surface area contributed by atoms with Crippen molar-refractivity contribution < 1.29 is 23.9 Å². The third kappa shape index (κ3) is 4.03. The molecule has 8 heteroatoms. The Morgan fingerprint density at radius 3 is 1.72 bits per heavy atom. The number of carbonyl (C=O) groups is 4. The van der Waals surface area contributed by atoms with Crippen LogP contribution in [0.3, 0.4) is 0 Å². The van der Waals surface area contributed by atoms with E-state index in [2.05, 4.69) is 5.32 Å². The van der Waals surface area contributed by atoms with Crippen LogP contribution in [-0.4, -0.2) is 41.2 Å². The van der Waals surface area contributed by atoms with Gasteiger partial charge in [-0.3, -0.25) is 19.3 Å². The number of anilines is 1. The van der Waals surface area contributed by atoms with E-state index in [9.17, 15) is 19.2 Å². The predicted octanol–water partition coefficient (Wildman–Crippen LogP) is 4.74.